The lowest BCUT2D eigenvalue weighted by atomic mass is 10.1. The van der Waals surface area contributed by atoms with E-state index in [1.165, 1.54) is 17.4 Å². The first-order valence-electron chi connectivity index (χ1n) is 10.4. The van der Waals surface area contributed by atoms with Crippen LogP contribution < -0.4 is 15.4 Å². The number of aromatic nitrogens is 3. The van der Waals surface area contributed by atoms with Crippen LogP contribution in [0.4, 0.5) is 24.7 Å². The lowest BCUT2D eigenvalue weighted by molar-refractivity contribution is -0.137. The Kier molecular flexibility index (Phi) is 5.84. The molecule has 5 rings (SSSR count). The number of anilines is 2. The molecular weight excluding hydrogens is 435 g/mol. The van der Waals surface area contributed by atoms with Crippen molar-refractivity contribution in [1.82, 2.24) is 14.4 Å². The van der Waals surface area contributed by atoms with Gasteiger partial charge in [0.05, 0.1) is 41.4 Å². The zero-order valence-electron chi connectivity index (χ0n) is 18.1. The highest BCUT2D eigenvalue weighted by Crippen LogP contribution is 2.38. The third kappa shape index (κ3) is 4.15. The molecule has 0 aliphatic carbocycles. The van der Waals surface area contributed by atoms with Crippen molar-refractivity contribution >= 4 is 34.0 Å². The number of rotatable bonds is 1. The van der Waals surface area contributed by atoms with Gasteiger partial charge in [-0.25, -0.2) is 9.97 Å². The minimum absolute atomic E-state index is 0.0247. The van der Waals surface area contributed by atoms with Crippen molar-refractivity contribution in [3.8, 4) is 5.75 Å². The van der Waals surface area contributed by atoms with Gasteiger partial charge in [0.25, 0.3) is 5.91 Å². The molecule has 0 spiro atoms. The maximum absolute atomic E-state index is 13.2. The molecule has 0 saturated heterocycles. The van der Waals surface area contributed by atoms with E-state index in [2.05, 4.69) is 23.8 Å². The van der Waals surface area contributed by atoms with Crippen molar-refractivity contribution in [2.24, 2.45) is 0 Å². The molecule has 3 heterocycles. The Hall–Kier alpha value is -3.82. The first-order valence-corrected chi connectivity index (χ1v) is 10.4. The van der Waals surface area contributed by atoms with Crippen molar-refractivity contribution in [3.63, 3.8) is 0 Å². The quantitative estimate of drug-likeness (QED) is 0.438. The number of fused-ring (bicyclic) bond motifs is 4. The van der Waals surface area contributed by atoms with E-state index in [1.54, 1.807) is 35.1 Å². The summed E-state index contributed by atoms with van der Waals surface area (Å²) >= 11 is 0. The van der Waals surface area contributed by atoms with Crippen LogP contribution in [0.2, 0.25) is 0 Å². The Balaban J connectivity index is 0.000000821. The van der Waals surface area contributed by atoms with E-state index in [9.17, 15) is 18.0 Å². The molecule has 33 heavy (non-hydrogen) atoms. The number of hydrogen-bond acceptors (Lipinski definition) is 5. The predicted molar refractivity (Wildman–Crippen MR) is 119 cm³/mol. The minimum Gasteiger partial charge on any atom is -0.490 e. The van der Waals surface area contributed by atoms with Crippen molar-refractivity contribution in [2.75, 3.05) is 23.8 Å². The Labute approximate surface area is 187 Å². The number of ether oxygens (including phenoxy) is 1. The molecule has 2 aromatic heterocycles. The fraction of sp³-hybridized carbons (Fsp3) is 0.261. The van der Waals surface area contributed by atoms with Gasteiger partial charge in [0, 0.05) is 5.56 Å². The molecule has 1 aliphatic heterocycles. The smallest absolute Gasteiger partial charge is 0.416 e. The van der Waals surface area contributed by atoms with Gasteiger partial charge in [-0.2, -0.15) is 13.2 Å². The average molecular weight is 457 g/mol. The fourth-order valence-corrected chi connectivity index (χ4v) is 3.57. The van der Waals surface area contributed by atoms with Crippen LogP contribution in [0.1, 0.15) is 36.2 Å². The third-order valence-electron chi connectivity index (χ3n) is 5.02. The van der Waals surface area contributed by atoms with Crippen LogP contribution >= 0.6 is 0 Å². The van der Waals surface area contributed by atoms with E-state index in [1.807, 2.05) is 0 Å². The summed E-state index contributed by atoms with van der Waals surface area (Å²) in [4.78, 5) is 23.0. The third-order valence-corrected chi connectivity index (χ3v) is 5.02. The van der Waals surface area contributed by atoms with E-state index in [-0.39, 0.29) is 24.8 Å². The molecule has 10 heteroatoms. The first-order chi connectivity index (χ1) is 15.7. The molecule has 0 radical (unpaired) electrons. The van der Waals surface area contributed by atoms with E-state index >= 15 is 0 Å². The number of nitrogens with zero attached hydrogens (tertiary/aromatic N) is 4. The van der Waals surface area contributed by atoms with Crippen LogP contribution in [-0.4, -0.2) is 33.4 Å². The van der Waals surface area contributed by atoms with E-state index in [4.69, 9.17) is 10.5 Å². The van der Waals surface area contributed by atoms with Crippen molar-refractivity contribution in [1.29, 1.82) is 0 Å². The second kappa shape index (κ2) is 8.61. The summed E-state index contributed by atoms with van der Waals surface area (Å²) in [5.74, 6) is -0.00962. The molecule has 7 nitrogen and oxygen atoms in total. The Morgan fingerprint density at radius 2 is 1.91 bits per heavy atom. The van der Waals surface area contributed by atoms with Crippen molar-refractivity contribution in [3.05, 3.63) is 60.0 Å². The zero-order valence-corrected chi connectivity index (χ0v) is 18.1. The van der Waals surface area contributed by atoms with Gasteiger partial charge < -0.3 is 15.4 Å². The number of hydrogen-bond donors (Lipinski definition) is 1. The molecule has 4 aromatic rings. The van der Waals surface area contributed by atoms with E-state index in [0.717, 1.165) is 12.1 Å². The predicted octanol–water partition coefficient (Wildman–Crippen LogP) is 4.94. The Morgan fingerprint density at radius 1 is 1.15 bits per heavy atom. The molecule has 0 bridgehead atoms. The van der Waals surface area contributed by atoms with Gasteiger partial charge in [0.15, 0.2) is 0 Å². The maximum atomic E-state index is 13.2. The van der Waals surface area contributed by atoms with Crippen LogP contribution in [0.25, 0.3) is 16.6 Å². The number of alkyl halides is 3. The molecule has 0 atom stereocenters. The van der Waals surface area contributed by atoms with Gasteiger partial charge in [-0.05, 0) is 36.4 Å². The van der Waals surface area contributed by atoms with Gasteiger partial charge in [0.1, 0.15) is 23.7 Å². The number of nitrogens with two attached hydrogens (primary N) is 1. The average Bonchev–Trinajstić information content (AvgIpc) is 3.29. The number of carbonyl (C=O) groups excluding carboxylic acids is 1. The largest absolute Gasteiger partial charge is 0.490 e. The Morgan fingerprint density at radius 3 is 2.64 bits per heavy atom. The lowest BCUT2D eigenvalue weighted by Crippen LogP contribution is -2.38. The molecule has 0 fully saturated rings. The van der Waals surface area contributed by atoms with Gasteiger partial charge in [-0.15, -0.1) is 0 Å². The van der Waals surface area contributed by atoms with Crippen LogP contribution in [-0.2, 0) is 6.18 Å². The van der Waals surface area contributed by atoms with E-state index in [0.29, 0.717) is 33.6 Å². The summed E-state index contributed by atoms with van der Waals surface area (Å²) in [7, 11) is 0. The number of nitrogen functional groups attached to an aromatic ring is 1. The highest BCUT2D eigenvalue weighted by molar-refractivity contribution is 6.08. The van der Waals surface area contributed by atoms with Gasteiger partial charge in [0.2, 0.25) is 0 Å². The molecular formula is C23H22F3N5O2. The van der Waals surface area contributed by atoms with Crippen molar-refractivity contribution < 1.29 is 22.7 Å². The standard InChI is InChI=1S/C20H14F3N5O2.C3H8/c21-20(22,23)12-2-4-14-17(8-12)30-6-5-27(14)19(29)11-1-3-13-15(7-11)28-10-25-9-16(28)18(24)26-13;1-3-2/h1-4,7-10H,5-6H2,(H2,24,26);3H2,1-2H3. The number of carbonyl (C=O) groups is 1. The summed E-state index contributed by atoms with van der Waals surface area (Å²) in [6.07, 6.45) is -0.0899. The summed E-state index contributed by atoms with van der Waals surface area (Å²) in [6.45, 7) is 4.56. The highest BCUT2D eigenvalue weighted by atomic mass is 19.4. The number of amides is 1. The zero-order chi connectivity index (χ0) is 23.8. The van der Waals surface area contributed by atoms with Crippen LogP contribution in [0, 0.1) is 0 Å². The van der Waals surface area contributed by atoms with Gasteiger partial charge in [-0.1, -0.05) is 20.3 Å². The molecule has 0 unspecified atom stereocenters. The molecule has 1 aliphatic rings. The van der Waals surface area contributed by atoms with Crippen LogP contribution in [0.3, 0.4) is 0 Å². The number of halogens is 3. The second-order valence-electron chi connectivity index (χ2n) is 7.54. The van der Waals surface area contributed by atoms with Crippen molar-refractivity contribution in [2.45, 2.75) is 26.4 Å². The first kappa shape index (κ1) is 22.4. The summed E-state index contributed by atoms with van der Waals surface area (Å²) < 4.78 is 46.1. The van der Waals surface area contributed by atoms with Crippen LogP contribution in [0.15, 0.2) is 48.9 Å². The topological polar surface area (TPSA) is 85.8 Å². The number of imidazole rings is 1. The summed E-state index contributed by atoms with van der Waals surface area (Å²) in [6, 6.07) is 8.06. The molecule has 2 aromatic carbocycles. The summed E-state index contributed by atoms with van der Waals surface area (Å²) in [5.41, 5.74) is 7.61. The Bertz CT molecular complexity index is 1330. The SMILES string of the molecule is CCC.Nc1nc2ccc(C(=O)N3CCOc4cc(C(F)(F)F)ccc43)cc2n2cncc12. The highest BCUT2D eigenvalue weighted by Gasteiger charge is 2.33. The molecule has 2 N–H and O–H groups in total. The van der Waals surface area contributed by atoms with Gasteiger partial charge in [-0.3, -0.25) is 9.20 Å². The van der Waals surface area contributed by atoms with Crippen LogP contribution in [0.5, 0.6) is 5.75 Å². The second-order valence-corrected chi connectivity index (χ2v) is 7.54. The maximum Gasteiger partial charge on any atom is 0.416 e. The molecule has 1 amide bonds. The normalized spacial score (nSPS) is 13.3. The molecule has 0 saturated carbocycles. The van der Waals surface area contributed by atoms with E-state index < -0.39 is 11.7 Å². The minimum atomic E-state index is -4.49. The monoisotopic (exact) mass is 457 g/mol. The fourth-order valence-electron chi connectivity index (χ4n) is 3.57. The lowest BCUT2D eigenvalue weighted by Gasteiger charge is -2.30. The number of benzene rings is 2. The molecule has 172 valence electrons. The van der Waals surface area contributed by atoms with Gasteiger partial charge >= 0.3 is 6.18 Å². The summed E-state index contributed by atoms with van der Waals surface area (Å²) in [5, 5.41) is 0.